The predicted molar refractivity (Wildman–Crippen MR) is 61.3 cm³/mol. The average Bonchev–Trinajstić information content (AvgIpc) is 2.87. The van der Waals surface area contributed by atoms with Crippen LogP contribution in [0.15, 0.2) is 29.5 Å². The summed E-state index contributed by atoms with van der Waals surface area (Å²) < 4.78 is 0. The fourth-order valence-electron chi connectivity index (χ4n) is 1.82. The fraction of sp³-hybridized carbons (Fsp3) is 0.273. The molecule has 1 aliphatic heterocycles. The Kier molecular flexibility index (Phi) is 1.91. The lowest BCUT2D eigenvalue weighted by Crippen LogP contribution is -2.08. The van der Waals surface area contributed by atoms with E-state index in [1.807, 2.05) is 18.5 Å². The Morgan fingerprint density at radius 2 is 2.40 bits per heavy atom. The molecule has 0 saturated carbocycles. The number of fused-ring (bicyclic) bond motifs is 1. The molecule has 2 N–H and O–H groups in total. The number of H-pyrrole nitrogens is 1. The summed E-state index contributed by atoms with van der Waals surface area (Å²) in [6.07, 6.45) is 5.93. The van der Waals surface area contributed by atoms with E-state index in [0.717, 1.165) is 41.9 Å². The Balaban J connectivity index is 1.90. The van der Waals surface area contributed by atoms with Crippen molar-refractivity contribution in [3.8, 4) is 0 Å². The van der Waals surface area contributed by atoms with Crippen LogP contribution in [0, 0.1) is 0 Å². The topological polar surface area (TPSA) is 53.1 Å². The van der Waals surface area contributed by atoms with Crippen molar-refractivity contribution in [2.75, 3.05) is 11.9 Å². The number of nitrogens with one attached hydrogen (secondary N) is 2. The summed E-state index contributed by atoms with van der Waals surface area (Å²) in [5, 5.41) is 4.42. The summed E-state index contributed by atoms with van der Waals surface area (Å²) in [5.74, 6) is 1.08. The van der Waals surface area contributed by atoms with Gasteiger partial charge in [-0.15, -0.1) is 0 Å². The first-order valence-electron chi connectivity index (χ1n) is 5.15. The highest BCUT2D eigenvalue weighted by atomic mass is 15.0. The monoisotopic (exact) mass is 200 g/mol. The van der Waals surface area contributed by atoms with E-state index in [1.165, 1.54) is 0 Å². The lowest BCUT2D eigenvalue weighted by molar-refractivity contribution is 0.951. The summed E-state index contributed by atoms with van der Waals surface area (Å²) in [6.45, 7) is 0.947. The number of nitrogens with zero attached hydrogens (tertiary/aromatic N) is 2. The predicted octanol–water partition coefficient (Wildman–Crippen LogP) is 2.17. The number of anilines is 1. The molecule has 76 valence electrons. The third-order valence-corrected chi connectivity index (χ3v) is 2.56. The molecular formula is C11H12N4. The molecule has 2 aromatic heterocycles. The largest absolute Gasteiger partial charge is 0.346 e. The van der Waals surface area contributed by atoms with Crippen molar-refractivity contribution in [3.63, 3.8) is 0 Å². The van der Waals surface area contributed by atoms with Crippen LogP contribution in [0.3, 0.4) is 0 Å². The Morgan fingerprint density at radius 1 is 1.40 bits per heavy atom. The molecule has 4 heteroatoms. The number of hydrogen-bond acceptors (Lipinski definition) is 3. The van der Waals surface area contributed by atoms with Gasteiger partial charge in [-0.3, -0.25) is 4.99 Å². The quantitative estimate of drug-likeness (QED) is 0.741. The van der Waals surface area contributed by atoms with Crippen LogP contribution in [-0.2, 0) is 0 Å². The van der Waals surface area contributed by atoms with Crippen molar-refractivity contribution in [3.05, 3.63) is 24.5 Å². The SMILES string of the molecule is c1cc2cc(NC3=NCCC3)cnc2[nH]1. The van der Waals surface area contributed by atoms with Crippen molar-refractivity contribution in [2.45, 2.75) is 12.8 Å². The third kappa shape index (κ3) is 1.58. The Morgan fingerprint density at radius 3 is 3.27 bits per heavy atom. The highest BCUT2D eigenvalue weighted by Crippen LogP contribution is 2.16. The molecule has 2 aromatic rings. The number of amidine groups is 1. The summed E-state index contributed by atoms with van der Waals surface area (Å²) in [6, 6.07) is 4.10. The van der Waals surface area contributed by atoms with Crippen LogP contribution in [0.5, 0.6) is 0 Å². The summed E-state index contributed by atoms with van der Waals surface area (Å²) in [5.41, 5.74) is 1.94. The maximum atomic E-state index is 4.37. The number of hydrogen-bond donors (Lipinski definition) is 2. The van der Waals surface area contributed by atoms with Gasteiger partial charge in [-0.1, -0.05) is 0 Å². The van der Waals surface area contributed by atoms with Gasteiger partial charge in [0.2, 0.25) is 0 Å². The summed E-state index contributed by atoms with van der Waals surface area (Å²) in [4.78, 5) is 11.8. The molecule has 0 aliphatic carbocycles. The van der Waals surface area contributed by atoms with E-state index in [1.54, 1.807) is 0 Å². The number of aliphatic imine (C=N–C) groups is 1. The molecule has 3 rings (SSSR count). The first kappa shape index (κ1) is 8.47. The van der Waals surface area contributed by atoms with Gasteiger partial charge in [0, 0.05) is 24.5 Å². The van der Waals surface area contributed by atoms with Gasteiger partial charge in [-0.2, -0.15) is 0 Å². The molecular weight excluding hydrogens is 188 g/mol. The first-order valence-corrected chi connectivity index (χ1v) is 5.15. The number of pyridine rings is 1. The minimum absolute atomic E-state index is 0.925. The minimum atomic E-state index is 0.925. The second-order valence-corrected chi connectivity index (χ2v) is 3.70. The Labute approximate surface area is 87.4 Å². The molecule has 0 amide bonds. The second kappa shape index (κ2) is 3.38. The second-order valence-electron chi connectivity index (χ2n) is 3.70. The van der Waals surface area contributed by atoms with Crippen LogP contribution in [0.1, 0.15) is 12.8 Å². The van der Waals surface area contributed by atoms with E-state index in [2.05, 4.69) is 26.3 Å². The van der Waals surface area contributed by atoms with E-state index >= 15 is 0 Å². The Bertz CT molecular complexity index is 512. The van der Waals surface area contributed by atoms with Crippen LogP contribution in [-0.4, -0.2) is 22.3 Å². The van der Waals surface area contributed by atoms with Gasteiger partial charge in [0.1, 0.15) is 11.5 Å². The molecule has 1 aliphatic rings. The van der Waals surface area contributed by atoms with Gasteiger partial charge in [-0.25, -0.2) is 4.98 Å². The van der Waals surface area contributed by atoms with Crippen molar-refractivity contribution < 1.29 is 0 Å². The molecule has 15 heavy (non-hydrogen) atoms. The van der Waals surface area contributed by atoms with E-state index in [9.17, 15) is 0 Å². The van der Waals surface area contributed by atoms with Crippen molar-refractivity contribution >= 4 is 22.6 Å². The summed E-state index contributed by atoms with van der Waals surface area (Å²) in [7, 11) is 0. The zero-order valence-electron chi connectivity index (χ0n) is 8.33. The van der Waals surface area contributed by atoms with E-state index in [4.69, 9.17) is 0 Å². The number of aromatic amines is 1. The van der Waals surface area contributed by atoms with Gasteiger partial charge >= 0.3 is 0 Å². The van der Waals surface area contributed by atoms with Crippen LogP contribution >= 0.6 is 0 Å². The normalized spacial score (nSPS) is 15.6. The van der Waals surface area contributed by atoms with Crippen LogP contribution < -0.4 is 5.32 Å². The highest BCUT2D eigenvalue weighted by molar-refractivity contribution is 5.97. The molecule has 0 saturated heterocycles. The lowest BCUT2D eigenvalue weighted by atomic mass is 10.3. The lowest BCUT2D eigenvalue weighted by Gasteiger charge is -2.04. The summed E-state index contributed by atoms with van der Waals surface area (Å²) >= 11 is 0. The maximum Gasteiger partial charge on any atom is 0.137 e. The molecule has 0 bridgehead atoms. The van der Waals surface area contributed by atoms with E-state index < -0.39 is 0 Å². The van der Waals surface area contributed by atoms with Gasteiger partial charge < -0.3 is 10.3 Å². The van der Waals surface area contributed by atoms with E-state index in [-0.39, 0.29) is 0 Å². The van der Waals surface area contributed by atoms with Crippen LogP contribution in [0.25, 0.3) is 11.0 Å². The van der Waals surface area contributed by atoms with Gasteiger partial charge in [0.15, 0.2) is 0 Å². The minimum Gasteiger partial charge on any atom is -0.346 e. The molecule has 3 heterocycles. The molecule has 0 radical (unpaired) electrons. The number of aromatic nitrogens is 2. The van der Waals surface area contributed by atoms with Gasteiger partial charge in [0.05, 0.1) is 11.9 Å². The van der Waals surface area contributed by atoms with Crippen molar-refractivity contribution in [1.29, 1.82) is 0 Å². The van der Waals surface area contributed by atoms with Crippen molar-refractivity contribution in [1.82, 2.24) is 9.97 Å². The average molecular weight is 200 g/mol. The van der Waals surface area contributed by atoms with Crippen LogP contribution in [0.4, 0.5) is 5.69 Å². The standard InChI is InChI=1S/C11H12N4/c1-2-10(12-4-1)15-9-6-8-3-5-13-11(8)14-7-9/h3,5-7H,1-2,4H2,(H,12,15)(H,13,14). The molecule has 4 nitrogen and oxygen atoms in total. The molecule has 0 atom stereocenters. The molecule has 0 aromatic carbocycles. The molecule has 0 fully saturated rings. The van der Waals surface area contributed by atoms with Gasteiger partial charge in [-0.05, 0) is 18.6 Å². The van der Waals surface area contributed by atoms with Crippen molar-refractivity contribution in [2.24, 2.45) is 4.99 Å². The highest BCUT2D eigenvalue weighted by Gasteiger charge is 2.06. The van der Waals surface area contributed by atoms with Gasteiger partial charge in [0.25, 0.3) is 0 Å². The molecule has 0 unspecified atom stereocenters. The third-order valence-electron chi connectivity index (χ3n) is 2.56. The Hall–Kier alpha value is -1.84. The molecule has 0 spiro atoms. The fourth-order valence-corrected chi connectivity index (χ4v) is 1.82. The van der Waals surface area contributed by atoms with E-state index in [0.29, 0.717) is 0 Å². The smallest absolute Gasteiger partial charge is 0.137 e. The zero-order chi connectivity index (χ0) is 10.1. The maximum absolute atomic E-state index is 4.37. The zero-order valence-corrected chi connectivity index (χ0v) is 8.33. The first-order chi connectivity index (χ1) is 7.42. The number of rotatable bonds is 1. The van der Waals surface area contributed by atoms with Crippen LogP contribution in [0.2, 0.25) is 0 Å².